The van der Waals surface area contributed by atoms with Crippen molar-refractivity contribution in [3.05, 3.63) is 65.4 Å². The van der Waals surface area contributed by atoms with Gasteiger partial charge >= 0.3 is 0 Å². The second kappa shape index (κ2) is 7.55. The second-order valence-electron chi connectivity index (χ2n) is 7.36. The van der Waals surface area contributed by atoms with Crippen LogP contribution in [0.4, 0.5) is 5.69 Å². The lowest BCUT2D eigenvalue weighted by Crippen LogP contribution is -2.04. The molecule has 0 atom stereocenters. The van der Waals surface area contributed by atoms with E-state index in [0.717, 1.165) is 53.8 Å². The van der Waals surface area contributed by atoms with Crippen LogP contribution in [-0.4, -0.2) is 12.4 Å². The molecule has 0 bridgehead atoms. The van der Waals surface area contributed by atoms with E-state index in [0.29, 0.717) is 23.5 Å². The fourth-order valence-electron chi connectivity index (χ4n) is 3.58. The number of carbonyl (C=O) groups excluding carboxylic acids is 1. The van der Waals surface area contributed by atoms with Gasteiger partial charge in [-0.25, -0.2) is 0 Å². The molecule has 0 aliphatic carbocycles. The number of furan rings is 1. The predicted octanol–water partition coefficient (Wildman–Crippen LogP) is 6.13. The van der Waals surface area contributed by atoms with Gasteiger partial charge in [0.25, 0.3) is 0 Å². The van der Waals surface area contributed by atoms with E-state index in [2.05, 4.69) is 24.9 Å². The summed E-state index contributed by atoms with van der Waals surface area (Å²) < 4.78 is 11.5. The number of ketones is 1. The highest BCUT2D eigenvalue weighted by Crippen LogP contribution is 2.35. The number of hydrogen-bond acceptors (Lipinski definition) is 4. The maximum absolute atomic E-state index is 12.8. The third-order valence-electron chi connectivity index (χ3n) is 5.17. The summed E-state index contributed by atoms with van der Waals surface area (Å²) in [5.41, 5.74) is 5.45. The zero-order valence-corrected chi connectivity index (χ0v) is 16.4. The molecule has 4 heteroatoms. The van der Waals surface area contributed by atoms with Gasteiger partial charge in [-0.3, -0.25) is 4.79 Å². The Labute approximate surface area is 165 Å². The molecule has 2 aromatic carbocycles. The van der Waals surface area contributed by atoms with Crippen LogP contribution in [0.3, 0.4) is 0 Å². The second-order valence-corrected chi connectivity index (χ2v) is 7.36. The lowest BCUT2D eigenvalue weighted by molar-refractivity contribution is 0.0956. The Kier molecular flexibility index (Phi) is 4.95. The number of anilines is 1. The van der Waals surface area contributed by atoms with E-state index in [-0.39, 0.29) is 5.78 Å². The van der Waals surface area contributed by atoms with Crippen molar-refractivity contribution in [1.29, 1.82) is 0 Å². The molecule has 1 aliphatic rings. The van der Waals surface area contributed by atoms with Crippen LogP contribution in [0.5, 0.6) is 5.75 Å². The molecule has 28 heavy (non-hydrogen) atoms. The van der Waals surface area contributed by atoms with Gasteiger partial charge in [-0.1, -0.05) is 31.6 Å². The highest BCUT2D eigenvalue weighted by atomic mass is 16.5. The van der Waals surface area contributed by atoms with E-state index >= 15 is 0 Å². The highest BCUT2D eigenvalue weighted by Gasteiger charge is 2.21. The highest BCUT2D eigenvalue weighted by molar-refractivity contribution is 6.09. The largest absolute Gasteiger partial charge is 0.493 e. The molecule has 4 rings (SSSR count). The van der Waals surface area contributed by atoms with Crippen molar-refractivity contribution in [3.8, 4) is 5.75 Å². The van der Waals surface area contributed by atoms with E-state index in [9.17, 15) is 4.79 Å². The van der Waals surface area contributed by atoms with Crippen LogP contribution in [0.1, 0.15) is 53.4 Å². The lowest BCUT2D eigenvalue weighted by Gasteiger charge is -2.11. The molecule has 0 unspecified atom stereocenters. The van der Waals surface area contributed by atoms with Gasteiger partial charge in [0.2, 0.25) is 0 Å². The minimum Gasteiger partial charge on any atom is -0.493 e. The fraction of sp³-hybridized carbons (Fsp3) is 0.292. The number of carbonyl (C=O) groups is 1. The molecule has 0 amide bonds. The Morgan fingerprint density at radius 1 is 1.21 bits per heavy atom. The SMILES string of the molecule is C=C(Nc1c(C(=O)CCCC)oc2ccc(C)cc12)c1ccc2c(c1)CCO2. The van der Waals surface area contributed by atoms with Crippen molar-refractivity contribution < 1.29 is 13.9 Å². The lowest BCUT2D eigenvalue weighted by atomic mass is 10.1. The van der Waals surface area contributed by atoms with E-state index in [1.165, 1.54) is 5.56 Å². The fourth-order valence-corrected chi connectivity index (χ4v) is 3.58. The molecule has 1 aromatic heterocycles. The summed E-state index contributed by atoms with van der Waals surface area (Å²) in [5, 5.41) is 4.28. The quantitative estimate of drug-likeness (QED) is 0.505. The molecule has 0 saturated heterocycles. The molecule has 1 aliphatic heterocycles. The van der Waals surface area contributed by atoms with Crippen molar-refractivity contribution in [2.24, 2.45) is 0 Å². The van der Waals surface area contributed by atoms with E-state index < -0.39 is 0 Å². The summed E-state index contributed by atoms with van der Waals surface area (Å²) in [6.45, 7) is 9.04. The molecule has 4 nitrogen and oxygen atoms in total. The van der Waals surface area contributed by atoms with Crippen molar-refractivity contribution in [3.63, 3.8) is 0 Å². The number of fused-ring (bicyclic) bond motifs is 2. The summed E-state index contributed by atoms with van der Waals surface area (Å²) in [5.74, 6) is 1.35. The summed E-state index contributed by atoms with van der Waals surface area (Å²) in [6.07, 6.45) is 3.20. The molecular weight excluding hydrogens is 350 g/mol. The number of rotatable bonds is 7. The van der Waals surface area contributed by atoms with Crippen molar-refractivity contribution in [1.82, 2.24) is 0 Å². The number of Topliss-reactive ketones (excluding diaryl/α,β-unsaturated/α-hetero) is 1. The molecule has 0 fully saturated rings. The minimum atomic E-state index is 0.0216. The molecular formula is C24H25NO3. The normalized spacial score (nSPS) is 12.6. The van der Waals surface area contributed by atoms with Crippen LogP contribution in [0, 0.1) is 6.92 Å². The Morgan fingerprint density at radius 2 is 2.07 bits per heavy atom. The van der Waals surface area contributed by atoms with Gasteiger partial charge in [0.1, 0.15) is 11.3 Å². The van der Waals surface area contributed by atoms with Crippen LogP contribution in [0.15, 0.2) is 47.4 Å². The van der Waals surface area contributed by atoms with Gasteiger partial charge in [-0.2, -0.15) is 0 Å². The van der Waals surface area contributed by atoms with Crippen LogP contribution >= 0.6 is 0 Å². The number of hydrogen-bond donors (Lipinski definition) is 1. The first-order valence-electron chi connectivity index (χ1n) is 9.85. The van der Waals surface area contributed by atoms with Gasteiger partial charge in [0.15, 0.2) is 11.5 Å². The van der Waals surface area contributed by atoms with E-state index in [1.807, 2.05) is 37.3 Å². The molecule has 3 aromatic rings. The number of benzene rings is 2. The first-order chi connectivity index (χ1) is 13.6. The predicted molar refractivity (Wildman–Crippen MR) is 113 cm³/mol. The third kappa shape index (κ3) is 3.42. The molecule has 144 valence electrons. The number of nitrogens with one attached hydrogen (secondary N) is 1. The topological polar surface area (TPSA) is 51.5 Å². The van der Waals surface area contributed by atoms with Crippen LogP contribution < -0.4 is 10.1 Å². The number of aryl methyl sites for hydroxylation is 1. The smallest absolute Gasteiger partial charge is 0.200 e. The Balaban J connectivity index is 1.70. The number of unbranched alkanes of at least 4 members (excludes halogenated alkanes) is 1. The van der Waals surface area contributed by atoms with Gasteiger partial charge in [0, 0.05) is 23.9 Å². The summed E-state index contributed by atoms with van der Waals surface area (Å²) >= 11 is 0. The molecule has 2 heterocycles. The van der Waals surface area contributed by atoms with Crippen LogP contribution in [-0.2, 0) is 6.42 Å². The zero-order valence-electron chi connectivity index (χ0n) is 16.4. The molecule has 0 radical (unpaired) electrons. The molecule has 1 N–H and O–H groups in total. The first kappa shape index (κ1) is 18.4. The maximum Gasteiger partial charge on any atom is 0.200 e. The van der Waals surface area contributed by atoms with Gasteiger partial charge in [0.05, 0.1) is 12.3 Å². The zero-order chi connectivity index (χ0) is 19.7. The standard InChI is InChI=1S/C24H25NO3/c1-4-5-6-20(26)24-23(19-13-15(2)7-9-22(19)28-24)25-16(3)17-8-10-21-18(14-17)11-12-27-21/h7-10,13-14,25H,3-6,11-12H2,1-2H3. The van der Waals surface area contributed by atoms with Crippen molar-refractivity contribution >= 4 is 28.1 Å². The van der Waals surface area contributed by atoms with Crippen LogP contribution in [0.2, 0.25) is 0 Å². The summed E-state index contributed by atoms with van der Waals surface area (Å²) in [6, 6.07) is 12.0. The first-order valence-corrected chi connectivity index (χ1v) is 9.85. The number of ether oxygens (including phenoxy) is 1. The van der Waals surface area contributed by atoms with Gasteiger partial charge in [-0.05, 0) is 54.8 Å². The third-order valence-corrected chi connectivity index (χ3v) is 5.17. The Bertz CT molecular complexity index is 1060. The Morgan fingerprint density at radius 3 is 2.89 bits per heavy atom. The Hall–Kier alpha value is -3.01. The maximum atomic E-state index is 12.8. The molecule has 0 saturated carbocycles. The molecule has 0 spiro atoms. The minimum absolute atomic E-state index is 0.0216. The monoisotopic (exact) mass is 375 g/mol. The van der Waals surface area contributed by atoms with Crippen LogP contribution in [0.25, 0.3) is 16.7 Å². The van der Waals surface area contributed by atoms with E-state index in [1.54, 1.807) is 0 Å². The average molecular weight is 375 g/mol. The van der Waals surface area contributed by atoms with Crippen molar-refractivity contribution in [2.75, 3.05) is 11.9 Å². The van der Waals surface area contributed by atoms with Gasteiger partial charge < -0.3 is 14.5 Å². The van der Waals surface area contributed by atoms with Gasteiger partial charge in [-0.15, -0.1) is 0 Å². The summed E-state index contributed by atoms with van der Waals surface area (Å²) in [4.78, 5) is 12.8. The van der Waals surface area contributed by atoms with E-state index in [4.69, 9.17) is 9.15 Å². The van der Waals surface area contributed by atoms with Crippen molar-refractivity contribution in [2.45, 2.75) is 39.5 Å². The summed E-state index contributed by atoms with van der Waals surface area (Å²) in [7, 11) is 0. The average Bonchev–Trinajstić information content (AvgIpc) is 3.30.